The summed E-state index contributed by atoms with van der Waals surface area (Å²) in [4.78, 5) is 0. The number of fused-ring (bicyclic) bond motifs is 1. The van der Waals surface area contributed by atoms with Crippen molar-refractivity contribution in [3.8, 4) is 0 Å². The number of hydrazine groups is 1. The smallest absolute Gasteiger partial charge is 0.00172 e. The number of nitrogens with one attached hydrogen (secondary N) is 1. The molecule has 2 aliphatic carbocycles. The van der Waals surface area contributed by atoms with Gasteiger partial charge in [-0.1, -0.05) is 20.8 Å². The lowest BCUT2D eigenvalue weighted by Gasteiger charge is -2.20. The Labute approximate surface area is 75.9 Å². The van der Waals surface area contributed by atoms with Crippen LogP contribution in [0.5, 0.6) is 0 Å². The van der Waals surface area contributed by atoms with Crippen molar-refractivity contribution in [2.75, 3.05) is 7.05 Å². The van der Waals surface area contributed by atoms with Gasteiger partial charge in [0.15, 0.2) is 0 Å². The molecule has 2 heteroatoms. The van der Waals surface area contributed by atoms with Gasteiger partial charge in [-0.2, -0.15) is 0 Å². The molecule has 2 fully saturated rings. The minimum atomic E-state index is 0.678. The molecule has 3 N–H and O–H groups in total. The Kier molecular flexibility index (Phi) is 2.50. The Bertz CT molecular complexity index is 162. The van der Waals surface area contributed by atoms with Crippen molar-refractivity contribution >= 4 is 0 Å². The molecule has 0 saturated heterocycles. The Morgan fingerprint density at radius 3 is 1.92 bits per heavy atom. The first-order chi connectivity index (χ1) is 5.43. The molecule has 0 heterocycles. The maximum absolute atomic E-state index is 4.60. The quantitative estimate of drug-likeness (QED) is 0.430. The second-order valence-electron chi connectivity index (χ2n) is 5.39. The van der Waals surface area contributed by atoms with Gasteiger partial charge in [-0.15, -0.1) is 0 Å². The van der Waals surface area contributed by atoms with Gasteiger partial charge < -0.3 is 0 Å². The maximum atomic E-state index is 4.60. The molecule has 0 bridgehead atoms. The van der Waals surface area contributed by atoms with Crippen molar-refractivity contribution in [2.24, 2.45) is 22.6 Å². The van der Waals surface area contributed by atoms with Gasteiger partial charge in [0.2, 0.25) is 0 Å². The highest BCUT2D eigenvalue weighted by Gasteiger charge is 2.58. The van der Waals surface area contributed by atoms with Gasteiger partial charge in [0.1, 0.15) is 0 Å². The van der Waals surface area contributed by atoms with E-state index in [4.69, 9.17) is 0 Å². The van der Waals surface area contributed by atoms with E-state index in [0.29, 0.717) is 5.41 Å². The standard InChI is InChI=1S/C9H16.CH6N2/c1-8(2)4-7-5-9(7,3)6-8;1-3-2/h7H,4-6H2,1-3H3;3H,2H2,1H3. The van der Waals surface area contributed by atoms with Crippen LogP contribution in [0.25, 0.3) is 0 Å². The van der Waals surface area contributed by atoms with Crippen molar-refractivity contribution in [3.05, 3.63) is 0 Å². The molecule has 2 unspecified atom stereocenters. The van der Waals surface area contributed by atoms with Crippen LogP contribution in [0, 0.1) is 16.7 Å². The van der Waals surface area contributed by atoms with Crippen molar-refractivity contribution < 1.29 is 0 Å². The van der Waals surface area contributed by atoms with Crippen molar-refractivity contribution in [2.45, 2.75) is 40.0 Å². The zero-order chi connectivity index (χ0) is 9.41. The predicted molar refractivity (Wildman–Crippen MR) is 52.5 cm³/mol. The molecular formula is C10H22N2. The second-order valence-corrected chi connectivity index (χ2v) is 5.39. The fourth-order valence-corrected chi connectivity index (χ4v) is 2.87. The van der Waals surface area contributed by atoms with Crippen molar-refractivity contribution in [1.29, 1.82) is 0 Å². The van der Waals surface area contributed by atoms with Gasteiger partial charge in [-0.3, -0.25) is 11.3 Å². The van der Waals surface area contributed by atoms with Crippen LogP contribution in [0.15, 0.2) is 0 Å². The minimum Gasteiger partial charge on any atom is -0.272 e. The van der Waals surface area contributed by atoms with Crippen LogP contribution in [0.2, 0.25) is 0 Å². The summed E-state index contributed by atoms with van der Waals surface area (Å²) in [5.41, 5.74) is 3.72. The normalized spacial score (nSPS) is 41.2. The first-order valence-corrected chi connectivity index (χ1v) is 4.81. The zero-order valence-electron chi connectivity index (χ0n) is 8.78. The summed E-state index contributed by atoms with van der Waals surface area (Å²) in [6.07, 6.45) is 4.49. The van der Waals surface area contributed by atoms with Crippen LogP contribution >= 0.6 is 0 Å². The third kappa shape index (κ3) is 1.99. The summed E-state index contributed by atoms with van der Waals surface area (Å²) >= 11 is 0. The van der Waals surface area contributed by atoms with Gasteiger partial charge in [0, 0.05) is 0 Å². The first-order valence-electron chi connectivity index (χ1n) is 4.81. The van der Waals surface area contributed by atoms with Gasteiger partial charge >= 0.3 is 0 Å². The van der Waals surface area contributed by atoms with Crippen molar-refractivity contribution in [3.63, 3.8) is 0 Å². The first kappa shape index (κ1) is 10.0. The van der Waals surface area contributed by atoms with Crippen LogP contribution < -0.4 is 11.3 Å². The lowest BCUT2D eigenvalue weighted by atomic mass is 9.86. The van der Waals surface area contributed by atoms with Crippen LogP contribution in [-0.2, 0) is 0 Å². The summed E-state index contributed by atoms with van der Waals surface area (Å²) in [6, 6.07) is 0. The van der Waals surface area contributed by atoms with Gasteiger partial charge in [0.05, 0.1) is 0 Å². The Morgan fingerprint density at radius 2 is 1.75 bits per heavy atom. The second kappa shape index (κ2) is 3.00. The molecule has 0 aliphatic heterocycles. The van der Waals surface area contributed by atoms with Crippen LogP contribution in [0.4, 0.5) is 0 Å². The molecule has 2 nitrogen and oxygen atoms in total. The molecule has 72 valence electrons. The molecular weight excluding hydrogens is 148 g/mol. The molecule has 2 aliphatic rings. The summed E-state index contributed by atoms with van der Waals surface area (Å²) in [7, 11) is 1.65. The van der Waals surface area contributed by atoms with E-state index in [1.807, 2.05) is 0 Å². The molecule has 2 saturated carbocycles. The number of nitrogens with two attached hydrogens (primary N) is 1. The zero-order valence-corrected chi connectivity index (χ0v) is 8.78. The highest BCUT2D eigenvalue weighted by Crippen LogP contribution is 2.68. The Morgan fingerprint density at radius 1 is 1.25 bits per heavy atom. The topological polar surface area (TPSA) is 38.0 Å². The van der Waals surface area contributed by atoms with Gasteiger partial charge in [0.25, 0.3) is 0 Å². The molecule has 0 radical (unpaired) electrons. The highest BCUT2D eigenvalue weighted by atomic mass is 15.2. The van der Waals surface area contributed by atoms with Gasteiger partial charge in [-0.05, 0) is 43.1 Å². The minimum absolute atomic E-state index is 0.678. The fourth-order valence-electron chi connectivity index (χ4n) is 2.87. The van der Waals surface area contributed by atoms with Crippen LogP contribution in [-0.4, -0.2) is 7.05 Å². The average Bonchev–Trinajstić information content (AvgIpc) is 2.31. The molecule has 2 rings (SSSR count). The van der Waals surface area contributed by atoms with Crippen molar-refractivity contribution in [1.82, 2.24) is 5.43 Å². The monoisotopic (exact) mass is 170 g/mol. The average molecular weight is 170 g/mol. The molecule has 0 aromatic carbocycles. The van der Waals surface area contributed by atoms with Crippen LogP contribution in [0.3, 0.4) is 0 Å². The van der Waals surface area contributed by atoms with Gasteiger partial charge in [-0.25, -0.2) is 0 Å². The van der Waals surface area contributed by atoms with E-state index >= 15 is 0 Å². The predicted octanol–water partition coefficient (Wildman–Crippen LogP) is 1.91. The van der Waals surface area contributed by atoms with E-state index in [0.717, 1.165) is 11.3 Å². The number of rotatable bonds is 0. The lowest BCUT2D eigenvalue weighted by molar-refractivity contribution is 0.313. The molecule has 0 spiro atoms. The SMILES string of the molecule is CC1(C)CC2CC2(C)C1.CNN. The van der Waals surface area contributed by atoms with E-state index in [9.17, 15) is 0 Å². The Hall–Kier alpha value is -0.0800. The highest BCUT2D eigenvalue weighted by molar-refractivity contribution is 5.08. The summed E-state index contributed by atoms with van der Waals surface area (Å²) in [5.74, 6) is 5.70. The third-order valence-electron chi connectivity index (χ3n) is 3.22. The molecule has 0 aromatic heterocycles. The molecule has 0 aromatic rings. The number of hydrogen-bond acceptors (Lipinski definition) is 2. The fraction of sp³-hybridized carbons (Fsp3) is 1.00. The van der Waals surface area contributed by atoms with E-state index in [1.54, 1.807) is 7.05 Å². The largest absolute Gasteiger partial charge is 0.272 e. The summed E-state index contributed by atoms with van der Waals surface area (Å²) < 4.78 is 0. The van der Waals surface area contributed by atoms with E-state index < -0.39 is 0 Å². The van der Waals surface area contributed by atoms with Crippen LogP contribution in [0.1, 0.15) is 40.0 Å². The van der Waals surface area contributed by atoms with E-state index in [1.165, 1.54) is 19.3 Å². The number of hydrogen-bond donors (Lipinski definition) is 2. The van der Waals surface area contributed by atoms with E-state index in [-0.39, 0.29) is 0 Å². The molecule has 2 atom stereocenters. The summed E-state index contributed by atoms with van der Waals surface area (Å²) in [5, 5.41) is 0. The van der Waals surface area contributed by atoms with E-state index in [2.05, 4.69) is 32.0 Å². The third-order valence-corrected chi connectivity index (χ3v) is 3.22. The summed E-state index contributed by atoms with van der Waals surface area (Å²) in [6.45, 7) is 7.27. The molecule has 0 amide bonds. The molecule has 12 heavy (non-hydrogen) atoms. The lowest BCUT2D eigenvalue weighted by Crippen LogP contribution is -2.13. The Balaban J connectivity index is 0.000000213. The maximum Gasteiger partial charge on any atom is -0.00172 e.